The van der Waals surface area contributed by atoms with Gasteiger partial charge in [0, 0.05) is 18.6 Å². The van der Waals surface area contributed by atoms with Crippen LogP contribution in [0.15, 0.2) is 24.3 Å². The number of likely N-dealkylation sites (tertiary alicyclic amines) is 1. The standard InChI is InChI=1S/C16H25NO/c1-12-5-4-6-13(2)17(12)11-15-7-9-16(10-8-15)14(3)18/h7-10,12-14,18H,4-6,11H2,1-3H3. The molecule has 18 heavy (non-hydrogen) atoms. The molecule has 1 N–H and O–H groups in total. The molecule has 0 spiro atoms. The number of aliphatic hydroxyl groups excluding tert-OH is 1. The Hall–Kier alpha value is -0.860. The first-order chi connectivity index (χ1) is 8.58. The van der Waals surface area contributed by atoms with Crippen molar-refractivity contribution >= 4 is 0 Å². The minimum Gasteiger partial charge on any atom is -0.389 e. The number of piperidine rings is 1. The molecule has 0 aromatic heterocycles. The van der Waals surface area contributed by atoms with Gasteiger partial charge < -0.3 is 5.11 Å². The van der Waals surface area contributed by atoms with Crippen LogP contribution in [-0.4, -0.2) is 22.1 Å². The fourth-order valence-corrected chi connectivity index (χ4v) is 2.90. The van der Waals surface area contributed by atoms with Crippen LogP contribution in [0, 0.1) is 0 Å². The first-order valence-corrected chi connectivity index (χ1v) is 7.10. The van der Waals surface area contributed by atoms with Crippen LogP contribution in [0.25, 0.3) is 0 Å². The Labute approximate surface area is 111 Å². The van der Waals surface area contributed by atoms with E-state index in [-0.39, 0.29) is 6.10 Å². The highest BCUT2D eigenvalue weighted by atomic mass is 16.3. The Morgan fingerprint density at radius 2 is 1.72 bits per heavy atom. The Balaban J connectivity index is 2.03. The molecule has 1 aliphatic heterocycles. The van der Waals surface area contributed by atoms with Crippen molar-refractivity contribution in [1.82, 2.24) is 4.90 Å². The number of nitrogens with zero attached hydrogens (tertiary/aromatic N) is 1. The van der Waals surface area contributed by atoms with Crippen LogP contribution in [-0.2, 0) is 6.54 Å². The van der Waals surface area contributed by atoms with E-state index < -0.39 is 0 Å². The summed E-state index contributed by atoms with van der Waals surface area (Å²) in [6, 6.07) is 9.75. The predicted octanol–water partition coefficient (Wildman–Crippen LogP) is 3.50. The summed E-state index contributed by atoms with van der Waals surface area (Å²) < 4.78 is 0. The van der Waals surface area contributed by atoms with Crippen molar-refractivity contribution in [3.8, 4) is 0 Å². The molecule has 3 unspecified atom stereocenters. The van der Waals surface area contributed by atoms with Gasteiger partial charge in [0.25, 0.3) is 0 Å². The lowest BCUT2D eigenvalue weighted by atomic mass is 9.96. The molecule has 100 valence electrons. The quantitative estimate of drug-likeness (QED) is 0.883. The maximum atomic E-state index is 9.51. The van der Waals surface area contributed by atoms with Gasteiger partial charge in [-0.2, -0.15) is 0 Å². The van der Waals surface area contributed by atoms with Gasteiger partial charge in [-0.15, -0.1) is 0 Å². The summed E-state index contributed by atoms with van der Waals surface area (Å²) in [5.41, 5.74) is 2.35. The molecular formula is C16H25NO. The van der Waals surface area contributed by atoms with Crippen molar-refractivity contribution < 1.29 is 5.11 Å². The average Bonchev–Trinajstić information content (AvgIpc) is 2.34. The van der Waals surface area contributed by atoms with E-state index in [1.165, 1.54) is 24.8 Å². The Morgan fingerprint density at radius 1 is 1.17 bits per heavy atom. The number of hydrogen-bond acceptors (Lipinski definition) is 2. The van der Waals surface area contributed by atoms with Crippen molar-refractivity contribution in [3.05, 3.63) is 35.4 Å². The van der Waals surface area contributed by atoms with E-state index in [1.54, 1.807) is 0 Å². The van der Waals surface area contributed by atoms with Crippen molar-refractivity contribution in [1.29, 1.82) is 0 Å². The van der Waals surface area contributed by atoms with Crippen LogP contribution >= 0.6 is 0 Å². The van der Waals surface area contributed by atoms with Crippen LogP contribution in [0.1, 0.15) is 57.3 Å². The van der Waals surface area contributed by atoms with E-state index in [1.807, 2.05) is 19.1 Å². The van der Waals surface area contributed by atoms with E-state index >= 15 is 0 Å². The van der Waals surface area contributed by atoms with Crippen LogP contribution in [0.2, 0.25) is 0 Å². The molecule has 1 saturated heterocycles. The van der Waals surface area contributed by atoms with E-state index in [4.69, 9.17) is 0 Å². The minimum atomic E-state index is -0.369. The third-order valence-electron chi connectivity index (χ3n) is 4.20. The van der Waals surface area contributed by atoms with Crippen LogP contribution in [0.4, 0.5) is 0 Å². The molecule has 1 heterocycles. The average molecular weight is 247 g/mol. The molecule has 1 aromatic carbocycles. The summed E-state index contributed by atoms with van der Waals surface area (Å²) in [7, 11) is 0. The maximum Gasteiger partial charge on any atom is 0.0761 e. The first kappa shape index (κ1) is 13.6. The highest BCUT2D eigenvalue weighted by Gasteiger charge is 2.24. The van der Waals surface area contributed by atoms with Crippen LogP contribution in [0.5, 0.6) is 0 Å². The Morgan fingerprint density at radius 3 is 2.22 bits per heavy atom. The molecule has 3 atom stereocenters. The Kier molecular flexibility index (Phi) is 4.41. The van der Waals surface area contributed by atoms with Gasteiger partial charge in [-0.05, 0) is 44.7 Å². The zero-order valence-corrected chi connectivity index (χ0v) is 11.8. The van der Waals surface area contributed by atoms with Crippen LogP contribution < -0.4 is 0 Å². The molecular weight excluding hydrogens is 222 g/mol. The molecule has 0 bridgehead atoms. The zero-order valence-electron chi connectivity index (χ0n) is 11.8. The van der Waals surface area contributed by atoms with Gasteiger partial charge in [0.2, 0.25) is 0 Å². The number of benzene rings is 1. The summed E-state index contributed by atoms with van der Waals surface area (Å²) in [5.74, 6) is 0. The fraction of sp³-hybridized carbons (Fsp3) is 0.625. The van der Waals surface area contributed by atoms with Gasteiger partial charge >= 0.3 is 0 Å². The number of hydrogen-bond donors (Lipinski definition) is 1. The number of rotatable bonds is 3. The predicted molar refractivity (Wildman–Crippen MR) is 75.4 cm³/mol. The van der Waals surface area contributed by atoms with Crippen molar-refractivity contribution in [2.75, 3.05) is 0 Å². The highest BCUT2D eigenvalue weighted by Crippen LogP contribution is 2.25. The number of aliphatic hydroxyl groups is 1. The molecule has 1 aliphatic rings. The highest BCUT2D eigenvalue weighted by molar-refractivity contribution is 5.24. The molecule has 2 rings (SSSR count). The van der Waals surface area contributed by atoms with E-state index in [0.29, 0.717) is 12.1 Å². The molecule has 0 amide bonds. The fourth-order valence-electron chi connectivity index (χ4n) is 2.90. The lowest BCUT2D eigenvalue weighted by Crippen LogP contribution is -2.42. The maximum absolute atomic E-state index is 9.51. The van der Waals surface area contributed by atoms with Gasteiger partial charge in [0.05, 0.1) is 6.10 Å². The minimum absolute atomic E-state index is 0.369. The van der Waals surface area contributed by atoms with Crippen molar-refractivity contribution in [2.24, 2.45) is 0 Å². The third-order valence-corrected chi connectivity index (χ3v) is 4.20. The SMILES string of the molecule is CC(O)c1ccc(CN2C(C)CCCC2C)cc1. The zero-order chi connectivity index (χ0) is 13.1. The molecule has 2 heteroatoms. The molecule has 0 saturated carbocycles. The molecule has 0 radical (unpaired) electrons. The normalized spacial score (nSPS) is 27.1. The van der Waals surface area contributed by atoms with Gasteiger partial charge in [0.1, 0.15) is 0 Å². The summed E-state index contributed by atoms with van der Waals surface area (Å²) in [4.78, 5) is 2.60. The van der Waals surface area contributed by atoms with Crippen LogP contribution in [0.3, 0.4) is 0 Å². The monoisotopic (exact) mass is 247 g/mol. The van der Waals surface area contributed by atoms with Gasteiger partial charge in [-0.1, -0.05) is 30.7 Å². The summed E-state index contributed by atoms with van der Waals surface area (Å²) >= 11 is 0. The molecule has 1 fully saturated rings. The van der Waals surface area contributed by atoms with Gasteiger partial charge in [-0.25, -0.2) is 0 Å². The van der Waals surface area contributed by atoms with Gasteiger partial charge in [-0.3, -0.25) is 4.90 Å². The van der Waals surface area contributed by atoms with Crippen molar-refractivity contribution in [2.45, 2.75) is 64.8 Å². The van der Waals surface area contributed by atoms with E-state index in [9.17, 15) is 5.11 Å². The van der Waals surface area contributed by atoms with Gasteiger partial charge in [0.15, 0.2) is 0 Å². The summed E-state index contributed by atoms with van der Waals surface area (Å²) in [6.45, 7) is 7.51. The van der Waals surface area contributed by atoms with E-state index in [0.717, 1.165) is 12.1 Å². The lowest BCUT2D eigenvalue weighted by molar-refractivity contribution is 0.0952. The second-order valence-electron chi connectivity index (χ2n) is 5.72. The topological polar surface area (TPSA) is 23.5 Å². The second kappa shape index (κ2) is 5.85. The smallest absolute Gasteiger partial charge is 0.0761 e. The summed E-state index contributed by atoms with van der Waals surface area (Å²) in [5, 5.41) is 9.51. The Bertz CT molecular complexity index is 361. The lowest BCUT2D eigenvalue weighted by Gasteiger charge is -2.39. The first-order valence-electron chi connectivity index (χ1n) is 7.10. The second-order valence-corrected chi connectivity index (χ2v) is 5.72. The largest absolute Gasteiger partial charge is 0.389 e. The van der Waals surface area contributed by atoms with Crippen molar-refractivity contribution in [3.63, 3.8) is 0 Å². The van der Waals surface area contributed by atoms with E-state index in [2.05, 4.69) is 30.9 Å². The third kappa shape index (κ3) is 3.12. The molecule has 2 nitrogen and oxygen atoms in total. The molecule has 0 aliphatic carbocycles. The molecule has 1 aromatic rings. The summed E-state index contributed by atoms with van der Waals surface area (Å²) in [6.07, 6.45) is 3.62.